The Kier molecular flexibility index (Phi) is 6.71. The van der Waals surface area contributed by atoms with Crippen molar-refractivity contribution >= 4 is 35.1 Å². The van der Waals surface area contributed by atoms with Crippen molar-refractivity contribution in [3.05, 3.63) is 82.5 Å². The quantitative estimate of drug-likeness (QED) is 0.436. The lowest BCUT2D eigenvalue weighted by molar-refractivity contribution is -0.122. The first-order valence-electron chi connectivity index (χ1n) is 9.12. The van der Waals surface area contributed by atoms with Gasteiger partial charge in [0.05, 0.1) is 5.69 Å². The first-order valence-corrected chi connectivity index (χ1v) is 9.93. The van der Waals surface area contributed by atoms with Crippen LogP contribution in [0.4, 0.5) is 0 Å². The SMILES string of the molecule is CC(=O)N/C(=C/c1ccccc1)C(=O)NNC(=O)c1sc(-c2ccccc2)nc1C. The van der Waals surface area contributed by atoms with E-state index in [-0.39, 0.29) is 5.70 Å². The third kappa shape index (κ3) is 5.39. The summed E-state index contributed by atoms with van der Waals surface area (Å²) in [5, 5.41) is 3.19. The zero-order valence-electron chi connectivity index (χ0n) is 16.4. The number of thiazole rings is 1. The van der Waals surface area contributed by atoms with E-state index in [1.54, 1.807) is 19.1 Å². The van der Waals surface area contributed by atoms with Gasteiger partial charge in [0.1, 0.15) is 15.6 Å². The van der Waals surface area contributed by atoms with Gasteiger partial charge < -0.3 is 5.32 Å². The molecule has 0 fully saturated rings. The van der Waals surface area contributed by atoms with E-state index in [2.05, 4.69) is 21.2 Å². The van der Waals surface area contributed by atoms with Crippen LogP contribution in [-0.2, 0) is 9.59 Å². The molecule has 3 amide bonds. The Morgan fingerprint density at radius 3 is 2.20 bits per heavy atom. The number of rotatable bonds is 5. The summed E-state index contributed by atoms with van der Waals surface area (Å²) in [7, 11) is 0. The Bertz CT molecular complexity index is 1090. The highest BCUT2D eigenvalue weighted by Crippen LogP contribution is 2.27. The molecule has 30 heavy (non-hydrogen) atoms. The lowest BCUT2D eigenvalue weighted by atomic mass is 10.2. The summed E-state index contributed by atoms with van der Waals surface area (Å²) in [5.74, 6) is -1.53. The molecule has 0 unspecified atom stereocenters. The molecular weight excluding hydrogens is 400 g/mol. The predicted molar refractivity (Wildman–Crippen MR) is 116 cm³/mol. The van der Waals surface area contributed by atoms with Gasteiger partial charge in [0.25, 0.3) is 11.8 Å². The van der Waals surface area contributed by atoms with Crippen LogP contribution in [0.3, 0.4) is 0 Å². The van der Waals surface area contributed by atoms with E-state index in [9.17, 15) is 14.4 Å². The van der Waals surface area contributed by atoms with E-state index < -0.39 is 17.7 Å². The fraction of sp³-hybridized carbons (Fsp3) is 0.0909. The van der Waals surface area contributed by atoms with Gasteiger partial charge in [-0.3, -0.25) is 25.2 Å². The second-order valence-electron chi connectivity index (χ2n) is 6.36. The Morgan fingerprint density at radius 1 is 0.933 bits per heavy atom. The first kappa shape index (κ1) is 20.9. The standard InChI is InChI=1S/C22H20N4O3S/c1-14-19(30-22(23-14)17-11-7-4-8-12-17)21(29)26-25-20(28)18(24-15(2)27)13-16-9-5-3-6-10-16/h3-13H,1-2H3,(H,24,27)(H,25,28)(H,26,29)/b18-13+. The molecule has 0 atom stereocenters. The lowest BCUT2D eigenvalue weighted by Crippen LogP contribution is -2.44. The molecular formula is C22H20N4O3S. The third-order valence-electron chi connectivity index (χ3n) is 3.98. The van der Waals surface area contributed by atoms with Gasteiger partial charge in [-0.2, -0.15) is 0 Å². The van der Waals surface area contributed by atoms with E-state index in [0.29, 0.717) is 15.6 Å². The van der Waals surface area contributed by atoms with E-state index in [1.165, 1.54) is 24.3 Å². The van der Waals surface area contributed by atoms with Crippen molar-refractivity contribution in [3.8, 4) is 10.6 Å². The molecule has 152 valence electrons. The van der Waals surface area contributed by atoms with Crippen LogP contribution in [0.25, 0.3) is 16.6 Å². The summed E-state index contributed by atoms with van der Waals surface area (Å²) in [6.45, 7) is 3.04. The Balaban J connectivity index is 1.71. The summed E-state index contributed by atoms with van der Waals surface area (Å²) < 4.78 is 0. The number of amides is 3. The van der Waals surface area contributed by atoms with E-state index in [0.717, 1.165) is 11.1 Å². The number of nitrogens with zero attached hydrogens (tertiary/aromatic N) is 1. The molecule has 2 aromatic carbocycles. The number of hydrazine groups is 1. The molecule has 0 spiro atoms. The number of aromatic nitrogens is 1. The van der Waals surface area contributed by atoms with Gasteiger partial charge in [0.2, 0.25) is 5.91 Å². The van der Waals surface area contributed by atoms with E-state index in [4.69, 9.17) is 0 Å². The van der Waals surface area contributed by atoms with Crippen molar-refractivity contribution in [2.24, 2.45) is 0 Å². The van der Waals surface area contributed by atoms with Crippen LogP contribution in [0.5, 0.6) is 0 Å². The second-order valence-corrected chi connectivity index (χ2v) is 7.36. The van der Waals surface area contributed by atoms with Gasteiger partial charge in [-0.15, -0.1) is 11.3 Å². The second kappa shape index (κ2) is 9.62. The molecule has 8 heteroatoms. The fourth-order valence-corrected chi connectivity index (χ4v) is 3.58. The van der Waals surface area contributed by atoms with Crippen molar-refractivity contribution in [2.75, 3.05) is 0 Å². The van der Waals surface area contributed by atoms with Crippen LogP contribution >= 0.6 is 11.3 Å². The molecule has 0 bridgehead atoms. The molecule has 0 radical (unpaired) electrons. The van der Waals surface area contributed by atoms with Crippen LogP contribution in [0.15, 0.2) is 66.4 Å². The highest BCUT2D eigenvalue weighted by atomic mass is 32.1. The minimum atomic E-state index is -0.646. The number of nitrogens with one attached hydrogen (secondary N) is 3. The van der Waals surface area contributed by atoms with Crippen molar-refractivity contribution in [3.63, 3.8) is 0 Å². The molecule has 1 heterocycles. The minimum Gasteiger partial charge on any atom is -0.322 e. The molecule has 0 aliphatic heterocycles. The number of hydrogen-bond donors (Lipinski definition) is 3. The molecule has 3 N–H and O–H groups in total. The maximum absolute atomic E-state index is 12.6. The normalized spacial score (nSPS) is 10.9. The van der Waals surface area contributed by atoms with Crippen molar-refractivity contribution < 1.29 is 14.4 Å². The van der Waals surface area contributed by atoms with Crippen LogP contribution in [0, 0.1) is 6.92 Å². The largest absolute Gasteiger partial charge is 0.322 e. The molecule has 0 aliphatic rings. The maximum Gasteiger partial charge on any atom is 0.286 e. The zero-order chi connectivity index (χ0) is 21.5. The van der Waals surface area contributed by atoms with Crippen LogP contribution in [0.1, 0.15) is 27.9 Å². The molecule has 7 nitrogen and oxygen atoms in total. The summed E-state index contributed by atoms with van der Waals surface area (Å²) in [4.78, 5) is 41.4. The molecule has 1 aromatic heterocycles. The van der Waals surface area contributed by atoms with Gasteiger partial charge >= 0.3 is 0 Å². The van der Waals surface area contributed by atoms with Crippen molar-refractivity contribution in [1.82, 2.24) is 21.2 Å². The van der Waals surface area contributed by atoms with E-state index >= 15 is 0 Å². The van der Waals surface area contributed by atoms with Crippen molar-refractivity contribution in [2.45, 2.75) is 13.8 Å². The van der Waals surface area contributed by atoms with E-state index in [1.807, 2.05) is 48.5 Å². The van der Waals surface area contributed by atoms with Gasteiger partial charge in [0, 0.05) is 12.5 Å². The molecule has 3 rings (SSSR count). The van der Waals surface area contributed by atoms with Gasteiger partial charge in [-0.25, -0.2) is 4.98 Å². The first-order chi connectivity index (χ1) is 14.4. The Morgan fingerprint density at radius 2 is 1.57 bits per heavy atom. The Labute approximate surface area is 177 Å². The molecule has 0 saturated carbocycles. The number of benzene rings is 2. The van der Waals surface area contributed by atoms with Crippen LogP contribution < -0.4 is 16.2 Å². The third-order valence-corrected chi connectivity index (χ3v) is 5.18. The fourth-order valence-electron chi connectivity index (χ4n) is 2.61. The van der Waals surface area contributed by atoms with Gasteiger partial charge in [-0.1, -0.05) is 60.7 Å². The number of hydrogen-bond acceptors (Lipinski definition) is 5. The summed E-state index contributed by atoms with van der Waals surface area (Å²) in [5.41, 5.74) is 6.94. The lowest BCUT2D eigenvalue weighted by Gasteiger charge is -2.10. The average Bonchev–Trinajstić information content (AvgIpc) is 3.14. The molecule has 0 aliphatic carbocycles. The highest BCUT2D eigenvalue weighted by molar-refractivity contribution is 7.17. The Hall–Kier alpha value is -3.78. The smallest absolute Gasteiger partial charge is 0.286 e. The summed E-state index contributed by atoms with van der Waals surface area (Å²) in [6.07, 6.45) is 1.52. The highest BCUT2D eigenvalue weighted by Gasteiger charge is 2.18. The van der Waals surface area contributed by atoms with Crippen molar-refractivity contribution in [1.29, 1.82) is 0 Å². The summed E-state index contributed by atoms with van der Waals surface area (Å²) >= 11 is 1.24. The van der Waals surface area contributed by atoms with Gasteiger partial charge in [-0.05, 0) is 18.6 Å². The number of aryl methyl sites for hydroxylation is 1. The molecule has 3 aromatic rings. The topological polar surface area (TPSA) is 100 Å². The maximum atomic E-state index is 12.6. The van der Waals surface area contributed by atoms with Crippen LogP contribution in [0.2, 0.25) is 0 Å². The average molecular weight is 420 g/mol. The minimum absolute atomic E-state index is 0.0139. The number of carbonyl (C=O) groups is 3. The monoisotopic (exact) mass is 420 g/mol. The zero-order valence-corrected chi connectivity index (χ0v) is 17.2. The van der Waals surface area contributed by atoms with Gasteiger partial charge in [0.15, 0.2) is 0 Å². The summed E-state index contributed by atoms with van der Waals surface area (Å²) in [6, 6.07) is 18.6. The number of carbonyl (C=O) groups excluding carboxylic acids is 3. The molecule has 0 saturated heterocycles. The predicted octanol–water partition coefficient (Wildman–Crippen LogP) is 3.06. The van der Waals surface area contributed by atoms with Crippen LogP contribution in [-0.4, -0.2) is 22.7 Å².